The van der Waals surface area contributed by atoms with E-state index in [1.165, 1.54) is 0 Å². The van der Waals surface area contributed by atoms with Crippen LogP contribution in [0.1, 0.15) is 33.6 Å². The van der Waals surface area contributed by atoms with Gasteiger partial charge in [0, 0.05) is 12.1 Å². The molecule has 1 heterocycles. The summed E-state index contributed by atoms with van der Waals surface area (Å²) in [5, 5.41) is 3.29. The molecule has 1 aliphatic heterocycles. The maximum absolute atomic E-state index is 11.1. The van der Waals surface area contributed by atoms with Crippen molar-refractivity contribution in [3.63, 3.8) is 0 Å². The van der Waals surface area contributed by atoms with Gasteiger partial charge in [-0.1, -0.05) is 6.92 Å². The van der Waals surface area contributed by atoms with E-state index < -0.39 is 0 Å². The highest BCUT2D eigenvalue weighted by Crippen LogP contribution is 2.25. The second kappa shape index (κ2) is 4.28. The van der Waals surface area contributed by atoms with E-state index in [-0.39, 0.29) is 23.6 Å². The molecule has 0 aromatic rings. The maximum atomic E-state index is 11.1. The minimum Gasteiger partial charge on any atom is -0.377 e. The summed E-state index contributed by atoms with van der Waals surface area (Å²) in [6, 6.07) is -0.246. The molecule has 0 radical (unpaired) electrons. The van der Waals surface area contributed by atoms with Gasteiger partial charge < -0.3 is 10.5 Å². The quantitative estimate of drug-likeness (QED) is 0.690. The van der Waals surface area contributed by atoms with Gasteiger partial charge in [-0.05, 0) is 26.7 Å². The molecule has 1 aliphatic rings. The highest BCUT2D eigenvalue weighted by atomic mass is 16.5. The molecule has 1 rings (SSSR count). The standard InChI is InChI=1S/C10H20N2O2/c1-4-8(9(11)13)12-10(3)5-6-14-7(10)2/h7-8,12H,4-6H2,1-3H3,(H2,11,13). The van der Waals surface area contributed by atoms with E-state index in [1.807, 2.05) is 13.8 Å². The molecule has 3 atom stereocenters. The van der Waals surface area contributed by atoms with E-state index >= 15 is 0 Å². The second-order valence-electron chi connectivity index (χ2n) is 4.19. The number of carbonyl (C=O) groups excluding carboxylic acids is 1. The van der Waals surface area contributed by atoms with Crippen LogP contribution in [0.3, 0.4) is 0 Å². The van der Waals surface area contributed by atoms with Crippen LogP contribution in [0, 0.1) is 0 Å². The van der Waals surface area contributed by atoms with Crippen molar-refractivity contribution in [2.75, 3.05) is 6.61 Å². The Balaban J connectivity index is 2.60. The molecule has 1 fully saturated rings. The lowest BCUT2D eigenvalue weighted by molar-refractivity contribution is -0.120. The molecule has 82 valence electrons. The Hall–Kier alpha value is -0.610. The average Bonchev–Trinajstić information content (AvgIpc) is 2.43. The second-order valence-corrected chi connectivity index (χ2v) is 4.19. The molecular formula is C10H20N2O2. The minimum atomic E-state index is -0.284. The van der Waals surface area contributed by atoms with Crippen molar-refractivity contribution in [2.45, 2.75) is 51.3 Å². The number of ether oxygens (including phenoxy) is 1. The Morgan fingerprint density at radius 3 is 2.79 bits per heavy atom. The molecule has 0 aliphatic carbocycles. The van der Waals surface area contributed by atoms with Crippen molar-refractivity contribution in [1.29, 1.82) is 0 Å². The highest BCUT2D eigenvalue weighted by Gasteiger charge is 2.38. The molecule has 1 amide bonds. The summed E-state index contributed by atoms with van der Waals surface area (Å²) >= 11 is 0. The van der Waals surface area contributed by atoms with E-state index in [4.69, 9.17) is 10.5 Å². The molecule has 14 heavy (non-hydrogen) atoms. The SMILES string of the molecule is CCC(NC1(C)CCOC1C)C(N)=O. The fourth-order valence-electron chi connectivity index (χ4n) is 1.80. The molecule has 0 bridgehead atoms. The van der Waals surface area contributed by atoms with Crippen LogP contribution in [0.25, 0.3) is 0 Å². The first kappa shape index (κ1) is 11.5. The summed E-state index contributed by atoms with van der Waals surface area (Å²) < 4.78 is 5.48. The van der Waals surface area contributed by atoms with Crippen molar-refractivity contribution < 1.29 is 9.53 Å². The number of carbonyl (C=O) groups is 1. The van der Waals surface area contributed by atoms with Crippen LogP contribution >= 0.6 is 0 Å². The van der Waals surface area contributed by atoms with Gasteiger partial charge in [-0.15, -0.1) is 0 Å². The normalized spacial score (nSPS) is 34.4. The van der Waals surface area contributed by atoms with E-state index in [0.29, 0.717) is 0 Å². The Bertz CT molecular complexity index is 220. The molecule has 0 aromatic heterocycles. The Kier molecular flexibility index (Phi) is 3.50. The maximum Gasteiger partial charge on any atom is 0.234 e. The first-order valence-electron chi connectivity index (χ1n) is 5.18. The summed E-state index contributed by atoms with van der Waals surface area (Å²) in [7, 11) is 0. The highest BCUT2D eigenvalue weighted by molar-refractivity contribution is 5.79. The third-order valence-electron chi connectivity index (χ3n) is 3.14. The predicted octanol–water partition coefficient (Wildman–Crippen LogP) is 0.407. The summed E-state index contributed by atoms with van der Waals surface area (Å²) in [6.07, 6.45) is 1.78. The zero-order chi connectivity index (χ0) is 10.8. The molecule has 0 spiro atoms. The van der Waals surface area contributed by atoms with Gasteiger partial charge in [-0.2, -0.15) is 0 Å². The van der Waals surface area contributed by atoms with Crippen LogP contribution in [-0.4, -0.2) is 30.2 Å². The predicted molar refractivity (Wildman–Crippen MR) is 54.8 cm³/mol. The third-order valence-corrected chi connectivity index (χ3v) is 3.14. The first-order valence-corrected chi connectivity index (χ1v) is 5.18. The molecular weight excluding hydrogens is 180 g/mol. The van der Waals surface area contributed by atoms with Crippen LogP contribution < -0.4 is 11.1 Å². The average molecular weight is 200 g/mol. The van der Waals surface area contributed by atoms with Crippen molar-refractivity contribution in [3.8, 4) is 0 Å². The van der Waals surface area contributed by atoms with E-state index in [9.17, 15) is 4.79 Å². The molecule has 4 heteroatoms. The van der Waals surface area contributed by atoms with E-state index in [2.05, 4.69) is 12.2 Å². The molecule has 0 aromatic carbocycles. The smallest absolute Gasteiger partial charge is 0.234 e. The van der Waals surface area contributed by atoms with E-state index in [1.54, 1.807) is 0 Å². The molecule has 3 N–H and O–H groups in total. The lowest BCUT2D eigenvalue weighted by atomic mass is 9.93. The van der Waals surface area contributed by atoms with Crippen molar-refractivity contribution >= 4 is 5.91 Å². The third kappa shape index (κ3) is 2.25. The van der Waals surface area contributed by atoms with Gasteiger partial charge in [0.2, 0.25) is 5.91 Å². The fraction of sp³-hybridized carbons (Fsp3) is 0.900. The van der Waals surface area contributed by atoms with Gasteiger partial charge in [0.25, 0.3) is 0 Å². The van der Waals surface area contributed by atoms with Gasteiger partial charge in [0.15, 0.2) is 0 Å². The number of primary amides is 1. The summed E-state index contributed by atoms with van der Waals surface area (Å²) in [5.41, 5.74) is 5.17. The van der Waals surface area contributed by atoms with Crippen molar-refractivity contribution in [3.05, 3.63) is 0 Å². The van der Waals surface area contributed by atoms with Crippen molar-refractivity contribution in [1.82, 2.24) is 5.32 Å². The summed E-state index contributed by atoms with van der Waals surface area (Å²) in [4.78, 5) is 11.1. The minimum absolute atomic E-state index is 0.115. The van der Waals surface area contributed by atoms with Gasteiger partial charge in [0.05, 0.1) is 12.1 Å². The monoisotopic (exact) mass is 200 g/mol. The van der Waals surface area contributed by atoms with E-state index in [0.717, 1.165) is 19.4 Å². The van der Waals surface area contributed by atoms with Crippen LogP contribution in [0.2, 0.25) is 0 Å². The van der Waals surface area contributed by atoms with Crippen LogP contribution in [-0.2, 0) is 9.53 Å². The topological polar surface area (TPSA) is 64.3 Å². The molecule has 1 saturated heterocycles. The number of nitrogens with two attached hydrogens (primary N) is 1. The number of nitrogens with one attached hydrogen (secondary N) is 1. The fourth-order valence-corrected chi connectivity index (χ4v) is 1.80. The largest absolute Gasteiger partial charge is 0.377 e. The lowest BCUT2D eigenvalue weighted by Gasteiger charge is -2.32. The number of hydrogen-bond acceptors (Lipinski definition) is 3. The molecule has 0 saturated carbocycles. The van der Waals surface area contributed by atoms with Crippen LogP contribution in [0.4, 0.5) is 0 Å². The zero-order valence-electron chi connectivity index (χ0n) is 9.17. The van der Waals surface area contributed by atoms with Crippen LogP contribution in [0.5, 0.6) is 0 Å². The zero-order valence-corrected chi connectivity index (χ0v) is 9.17. The van der Waals surface area contributed by atoms with Gasteiger partial charge in [-0.25, -0.2) is 0 Å². The number of rotatable bonds is 4. The molecule has 3 unspecified atom stereocenters. The number of amides is 1. The summed E-state index contributed by atoms with van der Waals surface area (Å²) in [5.74, 6) is -0.284. The Labute approximate surface area is 85.2 Å². The van der Waals surface area contributed by atoms with Gasteiger partial charge in [0.1, 0.15) is 0 Å². The first-order chi connectivity index (χ1) is 6.49. The van der Waals surface area contributed by atoms with Gasteiger partial charge in [-0.3, -0.25) is 10.1 Å². The Morgan fingerprint density at radius 1 is 1.79 bits per heavy atom. The van der Waals surface area contributed by atoms with Crippen LogP contribution in [0.15, 0.2) is 0 Å². The molecule has 4 nitrogen and oxygen atoms in total. The lowest BCUT2D eigenvalue weighted by Crippen LogP contribution is -2.56. The van der Waals surface area contributed by atoms with Gasteiger partial charge >= 0.3 is 0 Å². The Morgan fingerprint density at radius 2 is 2.43 bits per heavy atom. The summed E-state index contributed by atoms with van der Waals surface area (Å²) in [6.45, 7) is 6.80. The number of hydrogen-bond donors (Lipinski definition) is 2. The van der Waals surface area contributed by atoms with Crippen molar-refractivity contribution in [2.24, 2.45) is 5.73 Å².